The molecule has 0 bridgehead atoms. The maximum absolute atomic E-state index is 12.0. The lowest BCUT2D eigenvalue weighted by Crippen LogP contribution is -2.08. The Bertz CT molecular complexity index is 468. The minimum atomic E-state index is -0.416. The maximum Gasteiger partial charge on any atom is 0.305 e. The average Bonchev–Trinajstić information content (AvgIpc) is 2.34. The zero-order valence-corrected chi connectivity index (χ0v) is 11.3. The lowest BCUT2D eigenvalue weighted by Gasteiger charge is -2.11. The number of Topliss-reactive ketones (excluding diaryl/α,β-unsaturated/α-hetero) is 1. The van der Waals surface area contributed by atoms with Gasteiger partial charge in [0.2, 0.25) is 0 Å². The minimum absolute atomic E-state index is 0.0457. The van der Waals surface area contributed by atoms with Crippen LogP contribution in [0.2, 0.25) is 5.02 Å². The van der Waals surface area contributed by atoms with E-state index in [1.54, 1.807) is 12.1 Å². The molecule has 0 aliphatic rings. The number of rotatable bonds is 5. The monoisotopic (exact) mass is 270 g/mol. The van der Waals surface area contributed by atoms with Gasteiger partial charge in [0.05, 0.1) is 26.2 Å². The van der Waals surface area contributed by atoms with E-state index in [0.29, 0.717) is 16.3 Å². The number of methoxy groups -OCH3 is 2. The molecule has 1 aromatic carbocycles. The number of benzene rings is 1. The van der Waals surface area contributed by atoms with Gasteiger partial charge in [-0.25, -0.2) is 0 Å². The van der Waals surface area contributed by atoms with Gasteiger partial charge in [-0.15, -0.1) is 0 Å². The first kappa shape index (κ1) is 14.5. The standard InChI is InChI=1S/C13H15ClO4/c1-8-6-9(14)7-10(13(8)18-3)11(15)4-5-12(16)17-2/h6-7H,4-5H2,1-3H3. The van der Waals surface area contributed by atoms with Gasteiger partial charge in [-0.1, -0.05) is 11.6 Å². The van der Waals surface area contributed by atoms with Crippen LogP contribution in [-0.2, 0) is 9.53 Å². The Morgan fingerprint density at radius 1 is 1.22 bits per heavy atom. The minimum Gasteiger partial charge on any atom is -0.496 e. The Hall–Kier alpha value is -1.55. The smallest absolute Gasteiger partial charge is 0.305 e. The summed E-state index contributed by atoms with van der Waals surface area (Å²) in [5.41, 5.74) is 1.18. The van der Waals surface area contributed by atoms with Crippen LogP contribution in [0.15, 0.2) is 12.1 Å². The van der Waals surface area contributed by atoms with Crippen LogP contribution in [0.3, 0.4) is 0 Å². The van der Waals surface area contributed by atoms with Crippen molar-refractivity contribution in [3.8, 4) is 5.75 Å². The molecule has 0 spiro atoms. The molecule has 1 rings (SSSR count). The highest BCUT2D eigenvalue weighted by Gasteiger charge is 2.16. The Morgan fingerprint density at radius 3 is 2.44 bits per heavy atom. The molecule has 5 heteroatoms. The molecule has 4 nitrogen and oxygen atoms in total. The first-order valence-electron chi connectivity index (χ1n) is 5.43. The van der Waals surface area contributed by atoms with E-state index in [2.05, 4.69) is 4.74 Å². The number of carbonyl (C=O) groups excluding carboxylic acids is 2. The molecule has 0 aliphatic carbocycles. The number of ether oxygens (including phenoxy) is 2. The third-order valence-electron chi connectivity index (χ3n) is 2.53. The number of halogens is 1. The van der Waals surface area contributed by atoms with Crippen molar-refractivity contribution in [3.05, 3.63) is 28.3 Å². The van der Waals surface area contributed by atoms with Crippen molar-refractivity contribution in [1.29, 1.82) is 0 Å². The average molecular weight is 271 g/mol. The van der Waals surface area contributed by atoms with Crippen molar-refractivity contribution in [2.45, 2.75) is 19.8 Å². The summed E-state index contributed by atoms with van der Waals surface area (Å²) >= 11 is 5.91. The van der Waals surface area contributed by atoms with Gasteiger partial charge < -0.3 is 9.47 Å². The van der Waals surface area contributed by atoms with Crippen LogP contribution >= 0.6 is 11.6 Å². The fraction of sp³-hybridized carbons (Fsp3) is 0.385. The topological polar surface area (TPSA) is 52.6 Å². The molecule has 0 fully saturated rings. The molecular weight excluding hydrogens is 256 g/mol. The highest BCUT2D eigenvalue weighted by molar-refractivity contribution is 6.31. The lowest BCUT2D eigenvalue weighted by atomic mass is 10.0. The molecule has 18 heavy (non-hydrogen) atoms. The molecular formula is C13H15ClO4. The molecule has 0 N–H and O–H groups in total. The molecule has 0 aliphatic heterocycles. The van der Waals surface area contributed by atoms with Crippen molar-refractivity contribution in [2.24, 2.45) is 0 Å². The molecule has 0 aromatic heterocycles. The molecule has 0 saturated heterocycles. The van der Waals surface area contributed by atoms with E-state index in [1.807, 2.05) is 6.92 Å². The Labute approximate surface area is 111 Å². The summed E-state index contributed by atoms with van der Waals surface area (Å²) in [5, 5.41) is 0.467. The van der Waals surface area contributed by atoms with E-state index in [0.717, 1.165) is 5.56 Å². The number of esters is 1. The molecule has 98 valence electrons. The van der Waals surface area contributed by atoms with Crippen molar-refractivity contribution in [3.63, 3.8) is 0 Å². The first-order chi connectivity index (χ1) is 8.49. The predicted molar refractivity (Wildman–Crippen MR) is 68.3 cm³/mol. The van der Waals surface area contributed by atoms with Gasteiger partial charge in [0.15, 0.2) is 5.78 Å². The van der Waals surface area contributed by atoms with Crippen molar-refractivity contribution < 1.29 is 19.1 Å². The third-order valence-corrected chi connectivity index (χ3v) is 2.75. The lowest BCUT2D eigenvalue weighted by molar-refractivity contribution is -0.140. The fourth-order valence-electron chi connectivity index (χ4n) is 1.66. The third kappa shape index (κ3) is 3.47. The number of hydrogen-bond acceptors (Lipinski definition) is 4. The largest absolute Gasteiger partial charge is 0.496 e. The highest BCUT2D eigenvalue weighted by atomic mass is 35.5. The number of ketones is 1. The number of carbonyl (C=O) groups is 2. The molecule has 0 amide bonds. The highest BCUT2D eigenvalue weighted by Crippen LogP contribution is 2.28. The first-order valence-corrected chi connectivity index (χ1v) is 5.81. The molecule has 0 atom stereocenters. The summed E-state index contributed by atoms with van der Waals surface area (Å²) in [7, 11) is 2.78. The van der Waals surface area contributed by atoms with Crippen LogP contribution in [-0.4, -0.2) is 26.0 Å². The number of hydrogen-bond donors (Lipinski definition) is 0. The van der Waals surface area contributed by atoms with Crippen molar-refractivity contribution in [1.82, 2.24) is 0 Å². The van der Waals surface area contributed by atoms with Gasteiger partial charge in [-0.2, -0.15) is 0 Å². The normalized spacial score (nSPS) is 10.0. The van der Waals surface area contributed by atoms with Crippen LogP contribution in [0.4, 0.5) is 0 Å². The Balaban J connectivity index is 2.94. The van der Waals surface area contributed by atoms with E-state index in [1.165, 1.54) is 14.2 Å². The Kier molecular flexibility index (Phi) is 5.16. The molecule has 0 unspecified atom stereocenters. The molecule has 1 aromatic rings. The second-order valence-corrected chi connectivity index (χ2v) is 4.24. The Morgan fingerprint density at radius 2 is 1.89 bits per heavy atom. The quantitative estimate of drug-likeness (QED) is 0.610. The van der Waals surface area contributed by atoms with E-state index in [4.69, 9.17) is 16.3 Å². The van der Waals surface area contributed by atoms with E-state index < -0.39 is 5.97 Å². The van der Waals surface area contributed by atoms with E-state index in [-0.39, 0.29) is 18.6 Å². The van der Waals surface area contributed by atoms with Gasteiger partial charge in [0.25, 0.3) is 0 Å². The van der Waals surface area contributed by atoms with Crippen LogP contribution in [0.5, 0.6) is 5.75 Å². The molecule has 0 radical (unpaired) electrons. The van der Waals surface area contributed by atoms with Crippen LogP contribution < -0.4 is 4.74 Å². The number of aryl methyl sites for hydroxylation is 1. The SMILES string of the molecule is COC(=O)CCC(=O)c1cc(Cl)cc(C)c1OC. The predicted octanol–water partition coefficient (Wildman–Crippen LogP) is 2.79. The van der Waals surface area contributed by atoms with Gasteiger partial charge in [-0.05, 0) is 24.6 Å². The maximum atomic E-state index is 12.0. The van der Waals surface area contributed by atoms with Crippen LogP contribution in [0, 0.1) is 6.92 Å². The summed E-state index contributed by atoms with van der Waals surface area (Å²) in [6, 6.07) is 3.27. The second-order valence-electron chi connectivity index (χ2n) is 3.80. The van der Waals surface area contributed by atoms with Crippen LogP contribution in [0.25, 0.3) is 0 Å². The van der Waals surface area contributed by atoms with Gasteiger partial charge >= 0.3 is 5.97 Å². The van der Waals surface area contributed by atoms with Crippen molar-refractivity contribution in [2.75, 3.05) is 14.2 Å². The zero-order chi connectivity index (χ0) is 13.7. The molecule has 0 saturated carbocycles. The summed E-state index contributed by atoms with van der Waals surface area (Å²) < 4.78 is 9.68. The summed E-state index contributed by atoms with van der Waals surface area (Å²) in [5.74, 6) is -0.113. The van der Waals surface area contributed by atoms with Gasteiger partial charge in [0.1, 0.15) is 5.75 Å². The summed E-state index contributed by atoms with van der Waals surface area (Å²) in [6.07, 6.45) is 0.118. The van der Waals surface area contributed by atoms with Gasteiger partial charge in [-0.3, -0.25) is 9.59 Å². The van der Waals surface area contributed by atoms with Crippen molar-refractivity contribution >= 4 is 23.4 Å². The second kappa shape index (κ2) is 6.40. The van der Waals surface area contributed by atoms with Gasteiger partial charge in [0, 0.05) is 11.4 Å². The summed E-state index contributed by atoms with van der Waals surface area (Å²) in [6.45, 7) is 1.81. The molecule has 0 heterocycles. The fourth-order valence-corrected chi connectivity index (χ4v) is 1.93. The summed E-state index contributed by atoms with van der Waals surface area (Å²) in [4.78, 5) is 23.0. The van der Waals surface area contributed by atoms with E-state index >= 15 is 0 Å². The van der Waals surface area contributed by atoms with E-state index in [9.17, 15) is 9.59 Å². The zero-order valence-electron chi connectivity index (χ0n) is 10.6. The van der Waals surface area contributed by atoms with Crippen LogP contribution in [0.1, 0.15) is 28.8 Å².